The number of anilines is 1. The molecule has 1 aliphatic heterocycles. The number of aryl methyl sites for hydroxylation is 1. The molecule has 3 aromatic rings. The van der Waals surface area contributed by atoms with E-state index in [9.17, 15) is 17.6 Å². The lowest BCUT2D eigenvalue weighted by Gasteiger charge is -2.30. The predicted octanol–water partition coefficient (Wildman–Crippen LogP) is 3.81. The van der Waals surface area contributed by atoms with Crippen molar-refractivity contribution in [2.75, 3.05) is 18.4 Å². The fourth-order valence-electron chi connectivity index (χ4n) is 3.47. The zero-order chi connectivity index (χ0) is 22.0. The van der Waals surface area contributed by atoms with Crippen molar-refractivity contribution in [2.45, 2.75) is 30.6 Å². The Hall–Kier alpha value is -2.69. The normalized spacial score (nSPS) is 17.4. The van der Waals surface area contributed by atoms with Crippen LogP contribution in [0.1, 0.15) is 39.1 Å². The van der Waals surface area contributed by atoms with E-state index in [1.165, 1.54) is 22.5 Å². The molecule has 0 unspecified atom stereocenters. The number of amides is 1. The smallest absolute Gasteiger partial charge is 0.286 e. The average Bonchev–Trinajstić information content (AvgIpc) is 3.26. The first-order valence-corrected chi connectivity index (χ1v) is 12.1. The van der Waals surface area contributed by atoms with Crippen molar-refractivity contribution < 1.29 is 17.6 Å². The molecule has 1 aliphatic rings. The lowest BCUT2D eigenvalue weighted by Crippen LogP contribution is -2.39. The van der Waals surface area contributed by atoms with Gasteiger partial charge in [0.1, 0.15) is 15.7 Å². The fourth-order valence-corrected chi connectivity index (χ4v) is 5.92. The molecule has 4 rings (SSSR count). The molecule has 1 fully saturated rings. The minimum Gasteiger partial charge on any atom is -0.320 e. The molecule has 0 aliphatic carbocycles. The molecule has 162 valence electrons. The van der Waals surface area contributed by atoms with Crippen molar-refractivity contribution in [2.24, 2.45) is 0 Å². The van der Waals surface area contributed by atoms with Gasteiger partial charge in [0, 0.05) is 24.7 Å². The van der Waals surface area contributed by atoms with Crippen LogP contribution in [0.5, 0.6) is 0 Å². The summed E-state index contributed by atoms with van der Waals surface area (Å²) in [6.07, 6.45) is 1.33. The van der Waals surface area contributed by atoms with Crippen LogP contribution < -0.4 is 5.32 Å². The second kappa shape index (κ2) is 8.81. The number of halogens is 1. The maximum absolute atomic E-state index is 14.1. The molecular weight excluding hydrogens is 439 g/mol. The van der Waals surface area contributed by atoms with Gasteiger partial charge >= 0.3 is 0 Å². The summed E-state index contributed by atoms with van der Waals surface area (Å²) in [5.74, 6) is -1.33. The number of hydrogen-bond acceptors (Lipinski definition) is 6. The van der Waals surface area contributed by atoms with Gasteiger partial charge in [-0.05, 0) is 44.0 Å². The average molecular weight is 461 g/mol. The van der Waals surface area contributed by atoms with Crippen molar-refractivity contribution in [3.8, 4) is 0 Å². The van der Waals surface area contributed by atoms with Crippen molar-refractivity contribution in [3.63, 3.8) is 0 Å². The van der Waals surface area contributed by atoms with Crippen molar-refractivity contribution in [3.05, 3.63) is 69.9 Å². The molecule has 1 amide bonds. The van der Waals surface area contributed by atoms with Crippen molar-refractivity contribution in [1.29, 1.82) is 0 Å². The minimum atomic E-state index is -3.95. The number of sulfonamides is 1. The van der Waals surface area contributed by atoms with E-state index in [-0.39, 0.29) is 28.3 Å². The Morgan fingerprint density at radius 3 is 2.65 bits per heavy atom. The first kappa shape index (κ1) is 21.5. The lowest BCUT2D eigenvalue weighted by atomic mass is 10.0. The molecule has 31 heavy (non-hydrogen) atoms. The third-order valence-electron chi connectivity index (χ3n) is 5.13. The molecular formula is C21H21FN4O3S2. The van der Waals surface area contributed by atoms with Crippen molar-refractivity contribution in [1.82, 2.24) is 14.5 Å². The highest BCUT2D eigenvalue weighted by Gasteiger charge is 2.34. The number of benzene rings is 2. The summed E-state index contributed by atoms with van der Waals surface area (Å²) in [7, 11) is -3.95. The largest absolute Gasteiger partial charge is 0.320 e. The van der Waals surface area contributed by atoms with E-state index < -0.39 is 15.8 Å². The van der Waals surface area contributed by atoms with Gasteiger partial charge in [-0.1, -0.05) is 41.2 Å². The second-order valence-corrected chi connectivity index (χ2v) is 10.3. The van der Waals surface area contributed by atoms with Crippen LogP contribution in [0.4, 0.5) is 10.1 Å². The monoisotopic (exact) mass is 460 g/mol. The number of aromatic nitrogens is 2. The van der Waals surface area contributed by atoms with Gasteiger partial charge < -0.3 is 5.32 Å². The highest BCUT2D eigenvalue weighted by molar-refractivity contribution is 7.89. The fraction of sp³-hybridized carbons (Fsp3) is 0.286. The molecule has 1 N–H and O–H groups in total. The van der Waals surface area contributed by atoms with Crippen molar-refractivity contribution >= 4 is 33.0 Å². The van der Waals surface area contributed by atoms with E-state index in [1.807, 2.05) is 31.2 Å². The zero-order valence-corrected chi connectivity index (χ0v) is 18.4. The van der Waals surface area contributed by atoms with Gasteiger partial charge in [0.05, 0.1) is 0 Å². The molecule has 1 aromatic heterocycles. The molecule has 1 atom stereocenters. The molecule has 0 bridgehead atoms. The van der Waals surface area contributed by atoms with Crippen LogP contribution in [0, 0.1) is 12.7 Å². The van der Waals surface area contributed by atoms with Crippen LogP contribution in [0.25, 0.3) is 0 Å². The molecule has 10 heteroatoms. The van der Waals surface area contributed by atoms with E-state index in [0.717, 1.165) is 29.4 Å². The van der Waals surface area contributed by atoms with Gasteiger partial charge in [0.2, 0.25) is 15.0 Å². The Morgan fingerprint density at radius 2 is 1.90 bits per heavy atom. The first-order valence-electron chi connectivity index (χ1n) is 9.80. The summed E-state index contributed by atoms with van der Waals surface area (Å²) < 4.78 is 41.2. The highest BCUT2D eigenvalue weighted by Crippen LogP contribution is 2.32. The zero-order valence-electron chi connectivity index (χ0n) is 16.8. The summed E-state index contributed by atoms with van der Waals surface area (Å²) in [6.45, 7) is 2.44. The van der Waals surface area contributed by atoms with Crippen LogP contribution >= 0.6 is 11.3 Å². The Labute approximate surface area is 184 Å². The number of piperidine rings is 1. The van der Waals surface area contributed by atoms with Crippen LogP contribution in [0.2, 0.25) is 0 Å². The number of carbonyl (C=O) groups excluding carboxylic acids is 1. The predicted molar refractivity (Wildman–Crippen MR) is 116 cm³/mol. The maximum Gasteiger partial charge on any atom is 0.286 e. The third-order valence-corrected chi connectivity index (χ3v) is 8.12. The molecule has 2 heterocycles. The Kier molecular flexibility index (Phi) is 6.12. The van der Waals surface area contributed by atoms with Gasteiger partial charge in [-0.15, -0.1) is 10.2 Å². The standard InChI is InChI=1S/C21H21FN4O3S2/c1-14-8-10-16(11-9-14)23-19(27)21-25-24-20(30-21)15-5-4-12-26(13-15)31(28,29)18-7-3-2-6-17(18)22/h2-3,6-11,15H,4-5,12-13H2,1H3,(H,23,27)/t15-/m1/s1. The van der Waals surface area contributed by atoms with E-state index >= 15 is 0 Å². The third kappa shape index (κ3) is 4.65. The Bertz CT molecular complexity index is 1200. The molecule has 0 spiro atoms. The first-order chi connectivity index (χ1) is 14.8. The highest BCUT2D eigenvalue weighted by atomic mass is 32.2. The van der Waals surface area contributed by atoms with Gasteiger partial charge in [-0.3, -0.25) is 4.79 Å². The maximum atomic E-state index is 14.1. The Balaban J connectivity index is 1.48. The number of nitrogens with zero attached hydrogens (tertiary/aromatic N) is 3. The summed E-state index contributed by atoms with van der Waals surface area (Å²) >= 11 is 1.15. The number of nitrogens with one attached hydrogen (secondary N) is 1. The van der Waals surface area contributed by atoms with Crippen LogP contribution in [-0.2, 0) is 10.0 Å². The van der Waals surface area contributed by atoms with Crippen LogP contribution in [-0.4, -0.2) is 41.9 Å². The number of hydrogen-bond donors (Lipinski definition) is 1. The molecule has 7 nitrogen and oxygen atoms in total. The quantitative estimate of drug-likeness (QED) is 0.625. The summed E-state index contributed by atoms with van der Waals surface area (Å²) in [5, 5.41) is 11.7. The van der Waals surface area contributed by atoms with Crippen LogP contribution in [0.15, 0.2) is 53.4 Å². The second-order valence-electron chi connectivity index (χ2n) is 7.40. The summed E-state index contributed by atoms with van der Waals surface area (Å²) in [4.78, 5) is 12.2. The van der Waals surface area contributed by atoms with Gasteiger partial charge in [0.25, 0.3) is 5.91 Å². The van der Waals surface area contributed by atoms with E-state index in [0.29, 0.717) is 23.7 Å². The molecule has 1 saturated heterocycles. The topological polar surface area (TPSA) is 92.3 Å². The Morgan fingerprint density at radius 1 is 1.16 bits per heavy atom. The van der Waals surface area contributed by atoms with Gasteiger partial charge in [0.15, 0.2) is 0 Å². The minimum absolute atomic E-state index is 0.172. The van der Waals surface area contributed by atoms with Gasteiger partial charge in [-0.2, -0.15) is 4.31 Å². The van der Waals surface area contributed by atoms with E-state index in [4.69, 9.17) is 0 Å². The van der Waals surface area contributed by atoms with Gasteiger partial charge in [-0.25, -0.2) is 12.8 Å². The molecule has 0 saturated carbocycles. The summed E-state index contributed by atoms with van der Waals surface area (Å²) in [5.41, 5.74) is 1.75. The molecule has 0 radical (unpaired) electrons. The number of carbonyl (C=O) groups is 1. The molecule has 2 aromatic carbocycles. The van der Waals surface area contributed by atoms with Crippen LogP contribution in [0.3, 0.4) is 0 Å². The summed E-state index contributed by atoms with van der Waals surface area (Å²) in [6, 6.07) is 12.8. The SMILES string of the molecule is Cc1ccc(NC(=O)c2nnc([C@@H]3CCCN(S(=O)(=O)c4ccccc4F)C3)s2)cc1. The lowest BCUT2D eigenvalue weighted by molar-refractivity contribution is 0.102. The van der Waals surface area contributed by atoms with E-state index in [1.54, 1.807) is 0 Å². The van der Waals surface area contributed by atoms with E-state index in [2.05, 4.69) is 15.5 Å². The number of rotatable bonds is 5.